The second kappa shape index (κ2) is 8.27. The quantitative estimate of drug-likeness (QED) is 0.637. The fourth-order valence-electron chi connectivity index (χ4n) is 2.83. The standard InChI is InChI=1S/C20H17ClO3.CH2O2/c1-12-8-9-13(10-18(12)23-14-4-2-5-14)19-11-17(22)15-6-3-7-16(21)20(15)24-19;2-1-3/h3,6-11,14H,2,4-5H2,1H3;1H,(H,2,3). The van der Waals surface area contributed by atoms with Crippen molar-refractivity contribution < 1.29 is 19.1 Å². The van der Waals surface area contributed by atoms with Crippen LogP contribution >= 0.6 is 11.6 Å². The van der Waals surface area contributed by atoms with E-state index in [9.17, 15) is 4.79 Å². The zero-order valence-electron chi connectivity index (χ0n) is 14.8. The van der Waals surface area contributed by atoms with Gasteiger partial charge in [0.05, 0.1) is 16.5 Å². The second-order valence-electron chi connectivity index (χ2n) is 6.35. The summed E-state index contributed by atoms with van der Waals surface area (Å²) < 4.78 is 12.0. The van der Waals surface area contributed by atoms with E-state index in [1.165, 1.54) is 12.5 Å². The summed E-state index contributed by atoms with van der Waals surface area (Å²) in [4.78, 5) is 20.7. The summed E-state index contributed by atoms with van der Waals surface area (Å²) in [5, 5.41) is 7.81. The minimum Gasteiger partial charge on any atom is -0.490 e. The lowest BCUT2D eigenvalue weighted by Crippen LogP contribution is -2.24. The number of ether oxygens (including phenoxy) is 1. The number of para-hydroxylation sites is 1. The fraction of sp³-hybridized carbons (Fsp3) is 0.238. The van der Waals surface area contributed by atoms with Gasteiger partial charge in [-0.25, -0.2) is 0 Å². The molecule has 2 aromatic carbocycles. The summed E-state index contributed by atoms with van der Waals surface area (Å²) in [6, 6.07) is 12.6. The SMILES string of the molecule is Cc1ccc(-c2cc(=O)c3cccc(Cl)c3o2)cc1OC1CCC1.O=CO. The maximum atomic E-state index is 12.4. The minimum atomic E-state index is -0.250. The van der Waals surface area contributed by atoms with Crippen LogP contribution in [0, 0.1) is 6.92 Å². The van der Waals surface area contributed by atoms with Crippen LogP contribution in [0.1, 0.15) is 24.8 Å². The van der Waals surface area contributed by atoms with Crippen molar-refractivity contribution in [3.63, 3.8) is 0 Å². The lowest BCUT2D eigenvalue weighted by Gasteiger charge is -2.27. The van der Waals surface area contributed by atoms with E-state index in [4.69, 9.17) is 30.7 Å². The predicted molar refractivity (Wildman–Crippen MR) is 105 cm³/mol. The summed E-state index contributed by atoms with van der Waals surface area (Å²) in [6.45, 7) is 1.77. The van der Waals surface area contributed by atoms with E-state index < -0.39 is 0 Å². The number of carboxylic acid groups (broad SMARTS) is 1. The number of halogens is 1. The molecule has 3 aromatic rings. The van der Waals surface area contributed by atoms with E-state index >= 15 is 0 Å². The number of hydrogen-bond donors (Lipinski definition) is 1. The molecule has 0 radical (unpaired) electrons. The summed E-state index contributed by atoms with van der Waals surface area (Å²) in [5.41, 5.74) is 2.21. The fourth-order valence-corrected chi connectivity index (χ4v) is 3.05. The summed E-state index contributed by atoms with van der Waals surface area (Å²) >= 11 is 6.18. The van der Waals surface area contributed by atoms with Crippen LogP contribution < -0.4 is 10.2 Å². The average molecular weight is 387 g/mol. The Hall–Kier alpha value is -2.79. The molecule has 0 aliphatic heterocycles. The van der Waals surface area contributed by atoms with E-state index in [0.29, 0.717) is 27.9 Å². The molecule has 6 heteroatoms. The van der Waals surface area contributed by atoms with Crippen molar-refractivity contribution in [3.8, 4) is 17.1 Å². The Balaban J connectivity index is 0.000000659. The molecule has 1 aromatic heterocycles. The maximum Gasteiger partial charge on any atom is 0.290 e. The van der Waals surface area contributed by atoms with Crippen LogP contribution in [0.2, 0.25) is 5.02 Å². The number of hydrogen-bond acceptors (Lipinski definition) is 4. The molecule has 27 heavy (non-hydrogen) atoms. The van der Waals surface area contributed by atoms with E-state index in [1.54, 1.807) is 18.2 Å². The molecule has 1 heterocycles. The highest BCUT2D eigenvalue weighted by atomic mass is 35.5. The monoisotopic (exact) mass is 386 g/mol. The van der Waals surface area contributed by atoms with Crippen molar-refractivity contribution in [3.05, 3.63) is 63.3 Å². The van der Waals surface area contributed by atoms with Crippen LogP contribution in [0.4, 0.5) is 0 Å². The summed E-state index contributed by atoms with van der Waals surface area (Å²) in [5.74, 6) is 1.35. The highest BCUT2D eigenvalue weighted by Gasteiger charge is 2.20. The van der Waals surface area contributed by atoms with Crippen LogP contribution in [0.3, 0.4) is 0 Å². The first-order valence-electron chi connectivity index (χ1n) is 8.61. The Morgan fingerprint density at radius 2 is 1.96 bits per heavy atom. The molecule has 0 bridgehead atoms. The first-order valence-corrected chi connectivity index (χ1v) is 8.99. The molecule has 4 rings (SSSR count). The summed E-state index contributed by atoms with van der Waals surface area (Å²) in [7, 11) is 0. The van der Waals surface area contributed by atoms with E-state index in [0.717, 1.165) is 29.7 Å². The lowest BCUT2D eigenvalue weighted by atomic mass is 9.96. The Morgan fingerprint density at radius 3 is 2.63 bits per heavy atom. The molecule has 1 aliphatic rings. The third kappa shape index (κ3) is 4.14. The molecule has 1 fully saturated rings. The van der Waals surface area contributed by atoms with Crippen LogP contribution in [-0.2, 0) is 4.79 Å². The zero-order valence-corrected chi connectivity index (χ0v) is 15.5. The van der Waals surface area contributed by atoms with E-state index in [-0.39, 0.29) is 11.9 Å². The molecule has 0 unspecified atom stereocenters. The average Bonchev–Trinajstić information content (AvgIpc) is 2.61. The van der Waals surface area contributed by atoms with Gasteiger partial charge in [0.25, 0.3) is 6.47 Å². The molecule has 0 amide bonds. The highest BCUT2D eigenvalue weighted by molar-refractivity contribution is 6.34. The Kier molecular flexibility index (Phi) is 5.81. The van der Waals surface area contributed by atoms with Gasteiger partial charge in [-0.3, -0.25) is 9.59 Å². The topological polar surface area (TPSA) is 76.7 Å². The summed E-state index contributed by atoms with van der Waals surface area (Å²) in [6.07, 6.45) is 3.73. The lowest BCUT2D eigenvalue weighted by molar-refractivity contribution is -0.122. The van der Waals surface area contributed by atoms with Crippen molar-refractivity contribution >= 4 is 29.0 Å². The van der Waals surface area contributed by atoms with Gasteiger partial charge in [-0.1, -0.05) is 29.8 Å². The third-order valence-electron chi connectivity index (χ3n) is 4.53. The van der Waals surface area contributed by atoms with Gasteiger partial charge >= 0.3 is 0 Å². The van der Waals surface area contributed by atoms with Gasteiger partial charge in [0.15, 0.2) is 11.0 Å². The molecule has 5 nitrogen and oxygen atoms in total. The maximum absolute atomic E-state index is 12.4. The number of rotatable bonds is 3. The number of benzene rings is 2. The second-order valence-corrected chi connectivity index (χ2v) is 6.76. The molecule has 1 saturated carbocycles. The van der Waals surface area contributed by atoms with Gasteiger partial charge in [-0.05, 0) is 49.9 Å². The predicted octanol–water partition coefficient (Wildman–Crippen LogP) is 5.05. The van der Waals surface area contributed by atoms with Gasteiger partial charge in [-0.15, -0.1) is 0 Å². The third-order valence-corrected chi connectivity index (χ3v) is 4.82. The minimum absolute atomic E-state index is 0.101. The molecule has 0 spiro atoms. The van der Waals surface area contributed by atoms with Gasteiger partial charge in [0.1, 0.15) is 11.5 Å². The molecule has 1 N–H and O–H groups in total. The smallest absolute Gasteiger partial charge is 0.290 e. The van der Waals surface area contributed by atoms with E-state index in [2.05, 4.69) is 0 Å². The van der Waals surface area contributed by atoms with Crippen LogP contribution in [-0.4, -0.2) is 17.7 Å². The van der Waals surface area contributed by atoms with Crippen molar-refractivity contribution in [1.29, 1.82) is 0 Å². The normalized spacial score (nSPS) is 13.4. The molecular formula is C21H19ClO5. The molecule has 0 atom stereocenters. The zero-order chi connectivity index (χ0) is 19.4. The van der Waals surface area contributed by atoms with Crippen molar-refractivity contribution in [2.45, 2.75) is 32.3 Å². The Labute approximate surface area is 161 Å². The van der Waals surface area contributed by atoms with Gasteiger partial charge in [0.2, 0.25) is 0 Å². The number of aryl methyl sites for hydroxylation is 1. The van der Waals surface area contributed by atoms with Crippen LogP contribution in [0.5, 0.6) is 5.75 Å². The highest BCUT2D eigenvalue weighted by Crippen LogP contribution is 2.32. The van der Waals surface area contributed by atoms with Gasteiger partial charge in [-0.2, -0.15) is 0 Å². The van der Waals surface area contributed by atoms with Crippen LogP contribution in [0.25, 0.3) is 22.3 Å². The first-order chi connectivity index (χ1) is 13.0. The molecule has 140 valence electrons. The van der Waals surface area contributed by atoms with Gasteiger partial charge < -0.3 is 14.3 Å². The number of carbonyl (C=O) groups is 1. The Morgan fingerprint density at radius 1 is 1.22 bits per heavy atom. The number of fused-ring (bicyclic) bond motifs is 1. The van der Waals surface area contributed by atoms with Crippen LogP contribution in [0.15, 0.2) is 51.7 Å². The van der Waals surface area contributed by atoms with Crippen molar-refractivity contribution in [2.75, 3.05) is 0 Å². The molecule has 1 aliphatic carbocycles. The molecular weight excluding hydrogens is 368 g/mol. The Bertz CT molecular complexity index is 1020. The van der Waals surface area contributed by atoms with Crippen molar-refractivity contribution in [2.24, 2.45) is 0 Å². The van der Waals surface area contributed by atoms with Crippen molar-refractivity contribution in [1.82, 2.24) is 0 Å². The van der Waals surface area contributed by atoms with Gasteiger partial charge in [0, 0.05) is 11.6 Å². The van der Waals surface area contributed by atoms with E-state index in [1.807, 2.05) is 25.1 Å². The largest absolute Gasteiger partial charge is 0.490 e. The first kappa shape index (κ1) is 19.0. The molecule has 0 saturated heterocycles.